The molecule has 0 aliphatic carbocycles. The number of anilines is 1. The van der Waals surface area contributed by atoms with Gasteiger partial charge in [-0.3, -0.25) is 0 Å². The molecule has 2 aromatic rings. The fourth-order valence-electron chi connectivity index (χ4n) is 2.03. The van der Waals surface area contributed by atoms with Gasteiger partial charge < -0.3 is 15.2 Å². The van der Waals surface area contributed by atoms with Crippen molar-refractivity contribution >= 4 is 5.69 Å². The predicted molar refractivity (Wildman–Crippen MR) is 74.4 cm³/mol. The van der Waals surface area contributed by atoms with E-state index in [-0.39, 0.29) is 5.82 Å². The highest BCUT2D eigenvalue weighted by Crippen LogP contribution is 2.20. The van der Waals surface area contributed by atoms with Gasteiger partial charge >= 0.3 is 0 Å². The third-order valence-corrected chi connectivity index (χ3v) is 3.00. The zero-order valence-corrected chi connectivity index (χ0v) is 11.1. The van der Waals surface area contributed by atoms with Gasteiger partial charge in [0, 0.05) is 25.8 Å². The second kappa shape index (κ2) is 6.33. The van der Waals surface area contributed by atoms with Crippen molar-refractivity contribution in [3.8, 4) is 0 Å². The number of halogens is 1. The minimum atomic E-state index is -0.203. The van der Waals surface area contributed by atoms with Gasteiger partial charge in [0.2, 0.25) is 0 Å². The lowest BCUT2D eigenvalue weighted by Crippen LogP contribution is -2.23. The lowest BCUT2D eigenvalue weighted by Gasteiger charge is -2.22. The molecule has 1 aromatic heterocycles. The highest BCUT2D eigenvalue weighted by molar-refractivity contribution is 5.47. The highest BCUT2D eigenvalue weighted by atomic mass is 19.1. The molecule has 1 heterocycles. The van der Waals surface area contributed by atoms with Gasteiger partial charge in [0.25, 0.3) is 0 Å². The second-order valence-corrected chi connectivity index (χ2v) is 4.36. The fourth-order valence-corrected chi connectivity index (χ4v) is 2.03. The molecule has 0 aliphatic heterocycles. The fraction of sp³-hybridized carbons (Fsp3) is 0.357. The molecule has 102 valence electrons. The summed E-state index contributed by atoms with van der Waals surface area (Å²) in [5, 5.41) is 0. The maximum Gasteiger partial charge on any atom is 0.146 e. The number of nitrogens with two attached hydrogens (primary N) is 1. The molecule has 0 bridgehead atoms. The van der Waals surface area contributed by atoms with Crippen LogP contribution in [-0.4, -0.2) is 22.6 Å². The van der Waals surface area contributed by atoms with E-state index in [2.05, 4.69) is 4.98 Å². The van der Waals surface area contributed by atoms with Crippen LogP contribution in [0, 0.1) is 5.82 Å². The summed E-state index contributed by atoms with van der Waals surface area (Å²) in [7, 11) is 0. The average molecular weight is 262 g/mol. The van der Waals surface area contributed by atoms with Crippen LogP contribution in [-0.2, 0) is 13.1 Å². The minimum absolute atomic E-state index is 0.203. The summed E-state index contributed by atoms with van der Waals surface area (Å²) in [6, 6.07) is 6.80. The van der Waals surface area contributed by atoms with E-state index in [1.54, 1.807) is 18.5 Å². The van der Waals surface area contributed by atoms with Gasteiger partial charge in [-0.25, -0.2) is 9.37 Å². The van der Waals surface area contributed by atoms with Gasteiger partial charge in [0.1, 0.15) is 5.82 Å². The van der Waals surface area contributed by atoms with E-state index < -0.39 is 0 Å². The normalized spacial score (nSPS) is 10.7. The van der Waals surface area contributed by atoms with Gasteiger partial charge in [-0.1, -0.05) is 12.1 Å². The number of nitrogens with zero attached hydrogens (tertiary/aromatic N) is 3. The Kier molecular flexibility index (Phi) is 4.52. The standard InChI is InChI=1S/C14H19FN4/c1-2-19(14-6-4-3-5-13(14)15)10-12-9-18(8-7-16)11-17-12/h3-6,9,11H,2,7-8,10,16H2,1H3. The maximum atomic E-state index is 13.8. The molecule has 2 rings (SSSR count). The van der Waals surface area contributed by atoms with Crippen molar-refractivity contribution in [1.29, 1.82) is 0 Å². The Morgan fingerprint density at radius 2 is 2.16 bits per heavy atom. The van der Waals surface area contributed by atoms with Crippen molar-refractivity contribution in [1.82, 2.24) is 9.55 Å². The first kappa shape index (κ1) is 13.5. The molecule has 0 unspecified atom stereocenters. The lowest BCUT2D eigenvalue weighted by atomic mass is 10.2. The van der Waals surface area contributed by atoms with Crippen molar-refractivity contribution in [3.63, 3.8) is 0 Å². The predicted octanol–water partition coefficient (Wildman–Crippen LogP) is 2.01. The molecule has 4 nitrogen and oxygen atoms in total. The molecule has 1 aromatic carbocycles. The SMILES string of the molecule is CCN(Cc1cn(CCN)cn1)c1ccccc1F. The molecular weight excluding hydrogens is 243 g/mol. The van der Waals surface area contributed by atoms with Crippen LogP contribution in [0.2, 0.25) is 0 Å². The summed E-state index contributed by atoms with van der Waals surface area (Å²) >= 11 is 0. The molecule has 0 amide bonds. The van der Waals surface area contributed by atoms with Crippen LogP contribution in [0.15, 0.2) is 36.8 Å². The molecular formula is C14H19FN4. The first-order valence-electron chi connectivity index (χ1n) is 6.44. The molecule has 0 fully saturated rings. The Balaban J connectivity index is 2.12. The summed E-state index contributed by atoms with van der Waals surface area (Å²) in [5.41, 5.74) is 7.02. The maximum absolute atomic E-state index is 13.8. The summed E-state index contributed by atoms with van der Waals surface area (Å²) in [5.74, 6) is -0.203. The number of imidazole rings is 1. The Morgan fingerprint density at radius 3 is 2.84 bits per heavy atom. The largest absolute Gasteiger partial charge is 0.363 e. The molecule has 0 saturated carbocycles. The van der Waals surface area contributed by atoms with Gasteiger partial charge in [-0.05, 0) is 19.1 Å². The van der Waals surface area contributed by atoms with E-state index in [4.69, 9.17) is 5.73 Å². The number of aromatic nitrogens is 2. The average Bonchev–Trinajstić information content (AvgIpc) is 2.85. The molecule has 19 heavy (non-hydrogen) atoms. The summed E-state index contributed by atoms with van der Waals surface area (Å²) in [6.45, 7) is 4.66. The topological polar surface area (TPSA) is 47.1 Å². The van der Waals surface area contributed by atoms with Crippen LogP contribution in [0.1, 0.15) is 12.6 Å². The van der Waals surface area contributed by atoms with Gasteiger partial charge in [-0.2, -0.15) is 0 Å². The number of rotatable bonds is 6. The zero-order valence-electron chi connectivity index (χ0n) is 11.1. The number of hydrogen-bond donors (Lipinski definition) is 1. The summed E-state index contributed by atoms with van der Waals surface area (Å²) < 4.78 is 15.7. The quantitative estimate of drug-likeness (QED) is 0.866. The Morgan fingerprint density at radius 1 is 1.37 bits per heavy atom. The molecule has 0 saturated heterocycles. The van der Waals surface area contributed by atoms with Crippen molar-refractivity contribution < 1.29 is 4.39 Å². The summed E-state index contributed by atoms with van der Waals surface area (Å²) in [6.07, 6.45) is 3.72. The van der Waals surface area contributed by atoms with E-state index in [0.717, 1.165) is 18.8 Å². The lowest BCUT2D eigenvalue weighted by molar-refractivity contribution is 0.617. The molecule has 0 aliphatic rings. The van der Waals surface area contributed by atoms with Crippen LogP contribution >= 0.6 is 0 Å². The van der Waals surface area contributed by atoms with Crippen LogP contribution in [0.3, 0.4) is 0 Å². The molecule has 2 N–H and O–H groups in total. The van der Waals surface area contributed by atoms with Crippen LogP contribution in [0.5, 0.6) is 0 Å². The number of para-hydroxylation sites is 1. The van der Waals surface area contributed by atoms with Gasteiger partial charge in [0.05, 0.1) is 24.3 Å². The summed E-state index contributed by atoms with van der Waals surface area (Å²) in [4.78, 5) is 6.28. The van der Waals surface area contributed by atoms with Crippen molar-refractivity contribution in [2.24, 2.45) is 5.73 Å². The van der Waals surface area contributed by atoms with Crippen LogP contribution in [0.25, 0.3) is 0 Å². The van der Waals surface area contributed by atoms with E-state index in [9.17, 15) is 4.39 Å². The monoisotopic (exact) mass is 262 g/mol. The molecule has 5 heteroatoms. The van der Waals surface area contributed by atoms with Crippen molar-refractivity contribution in [2.45, 2.75) is 20.0 Å². The van der Waals surface area contributed by atoms with E-state index in [1.807, 2.05) is 28.7 Å². The van der Waals surface area contributed by atoms with Gasteiger partial charge in [-0.15, -0.1) is 0 Å². The van der Waals surface area contributed by atoms with Crippen molar-refractivity contribution in [2.75, 3.05) is 18.0 Å². The number of hydrogen-bond acceptors (Lipinski definition) is 3. The first-order chi connectivity index (χ1) is 9.24. The highest BCUT2D eigenvalue weighted by Gasteiger charge is 2.11. The molecule has 0 radical (unpaired) electrons. The third kappa shape index (κ3) is 3.32. The van der Waals surface area contributed by atoms with Crippen LogP contribution < -0.4 is 10.6 Å². The number of benzene rings is 1. The van der Waals surface area contributed by atoms with Crippen LogP contribution in [0.4, 0.5) is 10.1 Å². The van der Waals surface area contributed by atoms with E-state index in [0.29, 0.717) is 18.8 Å². The Bertz CT molecular complexity index is 524. The first-order valence-corrected chi connectivity index (χ1v) is 6.44. The van der Waals surface area contributed by atoms with Gasteiger partial charge in [0.15, 0.2) is 0 Å². The second-order valence-electron chi connectivity index (χ2n) is 4.36. The van der Waals surface area contributed by atoms with E-state index in [1.165, 1.54) is 6.07 Å². The molecule has 0 spiro atoms. The zero-order chi connectivity index (χ0) is 13.7. The smallest absolute Gasteiger partial charge is 0.146 e. The third-order valence-electron chi connectivity index (χ3n) is 3.00. The van der Waals surface area contributed by atoms with E-state index >= 15 is 0 Å². The molecule has 0 atom stereocenters. The van der Waals surface area contributed by atoms with Crippen molar-refractivity contribution in [3.05, 3.63) is 48.3 Å². The Hall–Kier alpha value is -1.88. The Labute approximate surface area is 112 Å². The minimum Gasteiger partial charge on any atom is -0.363 e.